The average Bonchev–Trinajstić information content (AvgIpc) is 2.09. The molecule has 1 heterocycles. The fourth-order valence-electron chi connectivity index (χ4n) is 1.12. The molecule has 0 aromatic carbocycles. The van der Waals surface area contributed by atoms with E-state index in [0.29, 0.717) is 12.6 Å². The predicted molar refractivity (Wildman–Crippen MR) is 43.9 cm³/mol. The zero-order chi connectivity index (χ0) is 8.97. The summed E-state index contributed by atoms with van der Waals surface area (Å²) in [4.78, 5) is 12.8. The second-order valence-electron chi connectivity index (χ2n) is 3.01. The quantitative estimate of drug-likeness (QED) is 0.556. The molecule has 4 nitrogen and oxygen atoms in total. The third-order valence-electron chi connectivity index (χ3n) is 2.20. The number of likely N-dealkylation sites (N-methyl/N-ethyl adjacent to an activating group) is 1. The topological polar surface area (TPSA) is 38.8 Å². The molecule has 0 spiro atoms. The van der Waals surface area contributed by atoms with E-state index in [1.54, 1.807) is 0 Å². The normalized spacial score (nSPS) is 23.3. The maximum absolute atomic E-state index is 10.6. The summed E-state index contributed by atoms with van der Waals surface area (Å²) in [7, 11) is 3.41. The molecule has 1 rings (SSSR count). The van der Waals surface area contributed by atoms with Crippen molar-refractivity contribution >= 4 is 5.97 Å². The number of methoxy groups -OCH3 is 1. The number of carbonyl (C=O) groups excluding carboxylic acids is 1. The van der Waals surface area contributed by atoms with Gasteiger partial charge in [0.25, 0.3) is 0 Å². The number of nitrogens with zero attached hydrogens (tertiary/aromatic N) is 1. The Morgan fingerprint density at radius 1 is 1.67 bits per heavy atom. The van der Waals surface area contributed by atoms with Crippen molar-refractivity contribution in [1.29, 1.82) is 0 Å². The number of ether oxygens (including phenoxy) is 2. The molecule has 0 aromatic rings. The highest BCUT2D eigenvalue weighted by atomic mass is 16.6. The first-order chi connectivity index (χ1) is 5.74. The maximum atomic E-state index is 10.6. The average molecular weight is 173 g/mol. The van der Waals surface area contributed by atoms with Crippen LogP contribution in [0.3, 0.4) is 0 Å². The lowest BCUT2D eigenvalue weighted by molar-refractivity contribution is -0.147. The molecule has 12 heavy (non-hydrogen) atoms. The summed E-state index contributed by atoms with van der Waals surface area (Å²) in [6.45, 7) is 1.83. The Bertz CT molecular complexity index is 160. The van der Waals surface area contributed by atoms with Crippen molar-refractivity contribution in [2.24, 2.45) is 0 Å². The van der Waals surface area contributed by atoms with Gasteiger partial charge in [0.1, 0.15) is 6.61 Å². The first kappa shape index (κ1) is 9.48. The first-order valence-electron chi connectivity index (χ1n) is 4.09. The Balaban J connectivity index is 1.99. The van der Waals surface area contributed by atoms with Gasteiger partial charge in [0, 0.05) is 6.04 Å². The van der Waals surface area contributed by atoms with E-state index < -0.39 is 0 Å². The number of hydrogen-bond donors (Lipinski definition) is 0. The highest BCUT2D eigenvalue weighted by molar-refractivity contribution is 5.70. The predicted octanol–water partition coefficient (Wildman–Crippen LogP) is -0.120. The minimum absolute atomic E-state index is 0.0703. The van der Waals surface area contributed by atoms with Crippen LogP contribution < -0.4 is 0 Å². The monoisotopic (exact) mass is 173 g/mol. The molecule has 0 N–H and O–H groups in total. The molecule has 0 radical (unpaired) electrons. The molecule has 4 heteroatoms. The number of likely N-dealkylation sites (tertiary alicyclic amines) is 1. The van der Waals surface area contributed by atoms with Crippen LogP contribution in [0.2, 0.25) is 0 Å². The molecule has 1 unspecified atom stereocenters. The van der Waals surface area contributed by atoms with Crippen molar-refractivity contribution in [3.63, 3.8) is 0 Å². The van der Waals surface area contributed by atoms with Gasteiger partial charge in [-0.25, -0.2) is 4.79 Å². The Labute approximate surface area is 72.4 Å². The smallest absolute Gasteiger partial charge is 0.331 e. The van der Waals surface area contributed by atoms with Gasteiger partial charge >= 0.3 is 5.97 Å². The molecule has 1 saturated heterocycles. The molecule has 0 aromatic heterocycles. The maximum Gasteiger partial charge on any atom is 0.331 e. The summed E-state index contributed by atoms with van der Waals surface area (Å²) in [5.74, 6) is -0.308. The van der Waals surface area contributed by atoms with E-state index in [1.165, 1.54) is 7.11 Å². The molecule has 0 amide bonds. The van der Waals surface area contributed by atoms with Crippen molar-refractivity contribution in [2.75, 3.05) is 33.9 Å². The van der Waals surface area contributed by atoms with Gasteiger partial charge in [0.2, 0.25) is 0 Å². The van der Waals surface area contributed by atoms with Crippen LogP contribution in [-0.4, -0.2) is 50.8 Å². The van der Waals surface area contributed by atoms with Crippen molar-refractivity contribution in [3.8, 4) is 0 Å². The minimum atomic E-state index is -0.308. The minimum Gasteiger partial charge on any atom is -0.467 e. The standard InChI is InChI=1S/C8H15NO3/c1-9-4-3-7(9)5-12-6-8(10)11-2/h7H,3-6H2,1-2H3. The lowest BCUT2D eigenvalue weighted by atomic mass is 10.1. The Morgan fingerprint density at radius 3 is 2.83 bits per heavy atom. The van der Waals surface area contributed by atoms with Gasteiger partial charge in [0.05, 0.1) is 13.7 Å². The van der Waals surface area contributed by atoms with Crippen molar-refractivity contribution < 1.29 is 14.3 Å². The van der Waals surface area contributed by atoms with E-state index in [2.05, 4.69) is 16.7 Å². The van der Waals surface area contributed by atoms with Crippen LogP contribution in [-0.2, 0) is 14.3 Å². The highest BCUT2D eigenvalue weighted by Crippen LogP contribution is 2.13. The Hall–Kier alpha value is -0.610. The fraction of sp³-hybridized carbons (Fsp3) is 0.875. The lowest BCUT2D eigenvalue weighted by Crippen LogP contribution is -2.47. The van der Waals surface area contributed by atoms with Gasteiger partial charge in [0.15, 0.2) is 0 Å². The van der Waals surface area contributed by atoms with Gasteiger partial charge in [-0.1, -0.05) is 0 Å². The molecular formula is C8H15NO3. The molecule has 0 aliphatic carbocycles. The summed E-state index contributed by atoms with van der Waals surface area (Å²) in [6, 6.07) is 0.495. The molecular weight excluding hydrogens is 158 g/mol. The summed E-state index contributed by atoms with van der Waals surface area (Å²) < 4.78 is 9.58. The second kappa shape index (κ2) is 4.42. The van der Waals surface area contributed by atoms with Gasteiger partial charge in [-0.3, -0.25) is 0 Å². The fourth-order valence-corrected chi connectivity index (χ4v) is 1.12. The van der Waals surface area contributed by atoms with Crippen molar-refractivity contribution in [2.45, 2.75) is 12.5 Å². The summed E-state index contributed by atoms with van der Waals surface area (Å²) >= 11 is 0. The van der Waals surface area contributed by atoms with Gasteiger partial charge in [-0.2, -0.15) is 0 Å². The Morgan fingerprint density at radius 2 is 2.42 bits per heavy atom. The highest BCUT2D eigenvalue weighted by Gasteiger charge is 2.23. The zero-order valence-corrected chi connectivity index (χ0v) is 7.58. The first-order valence-corrected chi connectivity index (χ1v) is 4.09. The van der Waals surface area contributed by atoms with Gasteiger partial charge in [-0.05, 0) is 20.0 Å². The summed E-state index contributed by atoms with van der Waals surface area (Å²) in [5.41, 5.74) is 0. The summed E-state index contributed by atoms with van der Waals surface area (Å²) in [6.07, 6.45) is 1.16. The van der Waals surface area contributed by atoms with E-state index in [1.807, 2.05) is 0 Å². The SMILES string of the molecule is COC(=O)COCC1CCN1C. The second-order valence-corrected chi connectivity index (χ2v) is 3.01. The van der Waals surface area contributed by atoms with Crippen LogP contribution in [0.5, 0.6) is 0 Å². The number of carbonyl (C=O) groups is 1. The van der Waals surface area contributed by atoms with E-state index in [-0.39, 0.29) is 12.6 Å². The van der Waals surface area contributed by atoms with Crippen LogP contribution in [0.15, 0.2) is 0 Å². The molecule has 1 atom stereocenters. The molecule has 1 aliphatic rings. The van der Waals surface area contributed by atoms with E-state index >= 15 is 0 Å². The van der Waals surface area contributed by atoms with Crippen LogP contribution in [0.1, 0.15) is 6.42 Å². The molecule has 70 valence electrons. The van der Waals surface area contributed by atoms with Crippen LogP contribution >= 0.6 is 0 Å². The largest absolute Gasteiger partial charge is 0.467 e. The van der Waals surface area contributed by atoms with Gasteiger partial charge < -0.3 is 14.4 Å². The molecule has 0 bridgehead atoms. The zero-order valence-electron chi connectivity index (χ0n) is 7.58. The number of rotatable bonds is 4. The molecule has 0 saturated carbocycles. The number of esters is 1. The van der Waals surface area contributed by atoms with Crippen molar-refractivity contribution in [1.82, 2.24) is 4.90 Å². The van der Waals surface area contributed by atoms with E-state index in [9.17, 15) is 4.79 Å². The van der Waals surface area contributed by atoms with E-state index in [4.69, 9.17) is 4.74 Å². The van der Waals surface area contributed by atoms with E-state index in [0.717, 1.165) is 13.0 Å². The van der Waals surface area contributed by atoms with Gasteiger partial charge in [-0.15, -0.1) is 0 Å². The third kappa shape index (κ3) is 2.46. The Kier molecular flexibility index (Phi) is 3.49. The van der Waals surface area contributed by atoms with Crippen LogP contribution in [0, 0.1) is 0 Å². The van der Waals surface area contributed by atoms with Crippen molar-refractivity contribution in [3.05, 3.63) is 0 Å². The summed E-state index contributed by atoms with van der Waals surface area (Å²) in [5, 5.41) is 0. The van der Waals surface area contributed by atoms with Crippen LogP contribution in [0.25, 0.3) is 0 Å². The van der Waals surface area contributed by atoms with Crippen LogP contribution in [0.4, 0.5) is 0 Å². The number of hydrogen-bond acceptors (Lipinski definition) is 4. The molecule has 1 fully saturated rings. The third-order valence-corrected chi connectivity index (χ3v) is 2.20. The lowest BCUT2D eigenvalue weighted by Gasteiger charge is -2.37. The molecule has 1 aliphatic heterocycles.